The molecule has 0 radical (unpaired) electrons. The molecule has 2 aliphatic heterocycles. The van der Waals surface area contributed by atoms with Crippen LogP contribution in [-0.4, -0.2) is 48.1 Å². The van der Waals surface area contributed by atoms with Crippen molar-refractivity contribution in [3.63, 3.8) is 0 Å². The third-order valence-corrected chi connectivity index (χ3v) is 4.96. The van der Waals surface area contributed by atoms with E-state index in [1.807, 2.05) is 27.7 Å². The Labute approximate surface area is 138 Å². The molecule has 1 aromatic rings. The van der Waals surface area contributed by atoms with Crippen molar-refractivity contribution >= 4 is 12.6 Å². The maximum Gasteiger partial charge on any atom is 0.498 e. The molecule has 3 heterocycles. The van der Waals surface area contributed by atoms with Crippen LogP contribution in [0.4, 0.5) is 0 Å². The predicted molar refractivity (Wildman–Crippen MR) is 86.8 cm³/mol. The van der Waals surface area contributed by atoms with Gasteiger partial charge in [-0.15, -0.1) is 0 Å². The number of hydrogen-bond acceptors (Lipinski definition) is 6. The standard InChI is InChI=1S/C16H25BN2O4/c1-15(2)16(3,4)23-17(22-15)13-9-18-14(19-10-13)21-11-12-5-7-20-8-6-12/h9-10,12H,5-8,11H2,1-4H3. The van der Waals surface area contributed by atoms with Gasteiger partial charge in [0.2, 0.25) is 0 Å². The summed E-state index contributed by atoms with van der Waals surface area (Å²) in [4.78, 5) is 8.56. The van der Waals surface area contributed by atoms with E-state index in [9.17, 15) is 0 Å². The van der Waals surface area contributed by atoms with Crippen LogP contribution in [-0.2, 0) is 14.0 Å². The van der Waals surface area contributed by atoms with Gasteiger partial charge in [-0.25, -0.2) is 9.97 Å². The maximum atomic E-state index is 5.99. The fourth-order valence-electron chi connectivity index (χ4n) is 2.61. The maximum absolute atomic E-state index is 5.99. The second-order valence-corrected chi connectivity index (χ2v) is 7.25. The number of ether oxygens (including phenoxy) is 2. The van der Waals surface area contributed by atoms with Gasteiger partial charge in [-0.1, -0.05) is 0 Å². The fourth-order valence-corrected chi connectivity index (χ4v) is 2.61. The molecule has 0 unspecified atom stereocenters. The quantitative estimate of drug-likeness (QED) is 0.785. The summed E-state index contributed by atoms with van der Waals surface area (Å²) in [6, 6.07) is 0.400. The summed E-state index contributed by atoms with van der Waals surface area (Å²) in [6.45, 7) is 10.4. The molecule has 2 saturated heterocycles. The van der Waals surface area contributed by atoms with Gasteiger partial charge in [0.25, 0.3) is 0 Å². The molecule has 3 rings (SSSR count). The molecule has 7 heteroatoms. The van der Waals surface area contributed by atoms with Crippen LogP contribution in [0.25, 0.3) is 0 Å². The average molecular weight is 320 g/mol. The van der Waals surface area contributed by atoms with Gasteiger partial charge >= 0.3 is 13.1 Å². The second-order valence-electron chi connectivity index (χ2n) is 7.25. The monoisotopic (exact) mass is 320 g/mol. The third kappa shape index (κ3) is 3.67. The van der Waals surface area contributed by atoms with Crippen LogP contribution in [0.3, 0.4) is 0 Å². The van der Waals surface area contributed by atoms with Gasteiger partial charge in [-0.3, -0.25) is 0 Å². The molecule has 0 bridgehead atoms. The number of hydrogen-bond donors (Lipinski definition) is 0. The topological polar surface area (TPSA) is 62.7 Å². The molecule has 0 aliphatic carbocycles. The highest BCUT2D eigenvalue weighted by Crippen LogP contribution is 2.36. The van der Waals surface area contributed by atoms with Gasteiger partial charge in [0, 0.05) is 31.1 Å². The van der Waals surface area contributed by atoms with Crippen LogP contribution < -0.4 is 10.2 Å². The van der Waals surface area contributed by atoms with Crippen LogP contribution in [0.5, 0.6) is 6.01 Å². The Kier molecular flexibility index (Phi) is 4.62. The highest BCUT2D eigenvalue weighted by atomic mass is 16.7. The van der Waals surface area contributed by atoms with E-state index in [0.29, 0.717) is 18.5 Å². The molecule has 0 saturated carbocycles. The van der Waals surface area contributed by atoms with Crippen molar-refractivity contribution in [2.75, 3.05) is 19.8 Å². The van der Waals surface area contributed by atoms with Crippen LogP contribution in [0.15, 0.2) is 12.4 Å². The average Bonchev–Trinajstić information content (AvgIpc) is 2.75. The zero-order valence-corrected chi connectivity index (χ0v) is 14.4. The second kappa shape index (κ2) is 6.38. The Morgan fingerprint density at radius 3 is 2.22 bits per heavy atom. The molecular formula is C16H25BN2O4. The minimum atomic E-state index is -0.440. The van der Waals surface area contributed by atoms with Crippen molar-refractivity contribution in [1.82, 2.24) is 9.97 Å². The smallest absolute Gasteiger partial charge is 0.463 e. The molecule has 2 aliphatic rings. The molecule has 0 N–H and O–H groups in total. The minimum Gasteiger partial charge on any atom is -0.463 e. The summed E-state index contributed by atoms with van der Waals surface area (Å²) in [7, 11) is -0.440. The largest absolute Gasteiger partial charge is 0.498 e. The first kappa shape index (κ1) is 16.7. The molecule has 6 nitrogen and oxygen atoms in total. The van der Waals surface area contributed by atoms with Crippen molar-refractivity contribution < 1.29 is 18.8 Å². The van der Waals surface area contributed by atoms with Crippen LogP contribution in [0.1, 0.15) is 40.5 Å². The van der Waals surface area contributed by atoms with Gasteiger partial charge in [-0.2, -0.15) is 0 Å². The first-order valence-corrected chi connectivity index (χ1v) is 8.25. The highest BCUT2D eigenvalue weighted by Gasteiger charge is 2.51. The van der Waals surface area contributed by atoms with Crippen LogP contribution >= 0.6 is 0 Å². The number of nitrogens with zero attached hydrogens (tertiary/aromatic N) is 2. The zero-order chi connectivity index (χ0) is 16.5. The minimum absolute atomic E-state index is 0.365. The van der Waals surface area contributed by atoms with Crippen molar-refractivity contribution in [2.45, 2.75) is 51.7 Å². The Morgan fingerprint density at radius 2 is 1.65 bits per heavy atom. The predicted octanol–water partition coefficient (Wildman–Crippen LogP) is 1.58. The Bertz CT molecular complexity index is 513. The third-order valence-electron chi connectivity index (χ3n) is 4.96. The number of aromatic nitrogens is 2. The summed E-state index contributed by atoms with van der Waals surface area (Å²) in [5.74, 6) is 0.523. The summed E-state index contributed by atoms with van der Waals surface area (Å²) >= 11 is 0. The molecule has 23 heavy (non-hydrogen) atoms. The molecule has 0 amide bonds. The van der Waals surface area contributed by atoms with E-state index in [-0.39, 0.29) is 11.2 Å². The van der Waals surface area contributed by atoms with Crippen molar-refractivity contribution in [3.05, 3.63) is 12.4 Å². The molecule has 126 valence electrons. The van der Waals surface area contributed by atoms with Crippen molar-refractivity contribution in [3.8, 4) is 6.01 Å². The van der Waals surface area contributed by atoms with E-state index in [1.165, 1.54) is 0 Å². The van der Waals surface area contributed by atoms with Gasteiger partial charge in [0.15, 0.2) is 0 Å². The molecule has 2 fully saturated rings. The van der Waals surface area contributed by atoms with E-state index < -0.39 is 7.12 Å². The summed E-state index contributed by atoms with van der Waals surface area (Å²) in [5.41, 5.74) is 0.0771. The lowest BCUT2D eigenvalue weighted by atomic mass is 9.81. The van der Waals surface area contributed by atoms with Crippen LogP contribution in [0.2, 0.25) is 0 Å². The van der Waals surface area contributed by atoms with Gasteiger partial charge in [0.1, 0.15) is 0 Å². The van der Waals surface area contributed by atoms with Gasteiger partial charge < -0.3 is 18.8 Å². The first-order valence-electron chi connectivity index (χ1n) is 8.25. The summed E-state index contributed by atoms with van der Waals surface area (Å²) in [6.07, 6.45) is 5.50. The Balaban J connectivity index is 1.57. The van der Waals surface area contributed by atoms with Crippen molar-refractivity contribution in [1.29, 1.82) is 0 Å². The molecular weight excluding hydrogens is 295 g/mol. The SMILES string of the molecule is CC1(C)OB(c2cnc(OCC3CCOCC3)nc2)OC1(C)C. The molecule has 0 atom stereocenters. The van der Waals surface area contributed by atoms with Crippen molar-refractivity contribution in [2.24, 2.45) is 5.92 Å². The fraction of sp³-hybridized carbons (Fsp3) is 0.750. The summed E-state index contributed by atoms with van der Waals surface area (Å²) in [5, 5.41) is 0. The molecule has 0 aromatic carbocycles. The zero-order valence-electron chi connectivity index (χ0n) is 14.4. The molecule has 0 spiro atoms. The van der Waals surface area contributed by atoms with Crippen LogP contribution in [0, 0.1) is 5.92 Å². The lowest BCUT2D eigenvalue weighted by molar-refractivity contribution is 0.00578. The highest BCUT2D eigenvalue weighted by molar-refractivity contribution is 6.61. The van der Waals surface area contributed by atoms with E-state index in [2.05, 4.69) is 9.97 Å². The normalized spacial score (nSPS) is 23.9. The van der Waals surface area contributed by atoms with E-state index in [4.69, 9.17) is 18.8 Å². The van der Waals surface area contributed by atoms with E-state index >= 15 is 0 Å². The summed E-state index contributed by atoms with van der Waals surface area (Å²) < 4.78 is 23.0. The van der Waals surface area contributed by atoms with E-state index in [1.54, 1.807) is 12.4 Å². The lowest BCUT2D eigenvalue weighted by Gasteiger charge is -2.32. The molecule has 1 aromatic heterocycles. The number of rotatable bonds is 4. The first-order chi connectivity index (χ1) is 10.9. The Hall–Kier alpha value is -1.18. The Morgan fingerprint density at radius 1 is 1.09 bits per heavy atom. The lowest BCUT2D eigenvalue weighted by Crippen LogP contribution is -2.41. The van der Waals surface area contributed by atoms with E-state index in [0.717, 1.165) is 31.5 Å². The van der Waals surface area contributed by atoms with Gasteiger partial charge in [-0.05, 0) is 46.5 Å². The van der Waals surface area contributed by atoms with Gasteiger partial charge in [0.05, 0.1) is 17.8 Å².